The maximum atomic E-state index is 12.4. The first-order chi connectivity index (χ1) is 10.2. The number of carbonyl (C=O) groups is 1. The minimum Gasteiger partial charge on any atom is -0.384 e. The molecule has 2 unspecified atom stereocenters. The Balaban J connectivity index is 2.14. The van der Waals surface area contributed by atoms with Gasteiger partial charge < -0.3 is 10.4 Å². The molecule has 1 aromatic rings. The molecule has 0 radical (unpaired) electrons. The molecule has 1 saturated carbocycles. The van der Waals surface area contributed by atoms with Gasteiger partial charge in [-0.2, -0.15) is 0 Å². The van der Waals surface area contributed by atoms with Crippen molar-refractivity contribution in [3.8, 4) is 11.8 Å². The third kappa shape index (κ3) is 3.86. The first kappa shape index (κ1) is 15.6. The molecule has 1 aromatic carbocycles. The predicted octanol–water partition coefficient (Wildman–Crippen LogP) is 2.97. The Morgan fingerprint density at radius 3 is 2.86 bits per heavy atom. The summed E-state index contributed by atoms with van der Waals surface area (Å²) in [6.45, 7) is 4.08. The van der Waals surface area contributed by atoms with Crippen molar-refractivity contribution in [1.82, 2.24) is 0 Å². The number of aryl methyl sites for hydroxylation is 1. The second-order valence-electron chi connectivity index (χ2n) is 5.69. The van der Waals surface area contributed by atoms with Crippen LogP contribution in [-0.4, -0.2) is 17.6 Å². The molecule has 3 nitrogen and oxygen atoms in total. The van der Waals surface area contributed by atoms with Crippen LogP contribution in [0.1, 0.15) is 44.2 Å². The molecule has 0 aliphatic heterocycles. The zero-order chi connectivity index (χ0) is 15.2. The van der Waals surface area contributed by atoms with Crippen LogP contribution in [0.2, 0.25) is 0 Å². The number of rotatable bonds is 3. The van der Waals surface area contributed by atoms with E-state index in [2.05, 4.69) is 31.0 Å². The largest absolute Gasteiger partial charge is 0.384 e. The second-order valence-corrected chi connectivity index (χ2v) is 5.69. The lowest BCUT2D eigenvalue weighted by Crippen LogP contribution is -2.25. The van der Waals surface area contributed by atoms with Crippen LogP contribution in [0.3, 0.4) is 0 Å². The van der Waals surface area contributed by atoms with Gasteiger partial charge in [0.05, 0.1) is 0 Å². The highest BCUT2D eigenvalue weighted by molar-refractivity contribution is 5.93. The summed E-state index contributed by atoms with van der Waals surface area (Å²) in [5.74, 6) is 6.31. The van der Waals surface area contributed by atoms with Crippen LogP contribution in [0.5, 0.6) is 0 Å². The van der Waals surface area contributed by atoms with Crippen LogP contribution >= 0.6 is 0 Å². The highest BCUT2D eigenvalue weighted by Crippen LogP contribution is 2.32. The van der Waals surface area contributed by atoms with Gasteiger partial charge in [0, 0.05) is 17.2 Å². The maximum Gasteiger partial charge on any atom is 0.227 e. The molecule has 0 aromatic heterocycles. The minimum absolute atomic E-state index is 0.139. The van der Waals surface area contributed by atoms with E-state index in [1.54, 1.807) is 0 Å². The predicted molar refractivity (Wildman–Crippen MR) is 84.9 cm³/mol. The number of anilines is 1. The lowest BCUT2D eigenvalue weighted by molar-refractivity contribution is -0.120. The van der Waals surface area contributed by atoms with Gasteiger partial charge in [0.1, 0.15) is 6.61 Å². The van der Waals surface area contributed by atoms with Gasteiger partial charge >= 0.3 is 0 Å². The molecule has 2 N–H and O–H groups in total. The van der Waals surface area contributed by atoms with Gasteiger partial charge in [-0.3, -0.25) is 4.79 Å². The molecule has 0 saturated heterocycles. The van der Waals surface area contributed by atoms with Crippen molar-refractivity contribution in [3.05, 3.63) is 29.3 Å². The zero-order valence-corrected chi connectivity index (χ0v) is 12.8. The molecular formula is C18H23NO2. The summed E-state index contributed by atoms with van der Waals surface area (Å²) in [4.78, 5) is 12.4. The molecule has 2 rings (SSSR count). The van der Waals surface area contributed by atoms with E-state index in [4.69, 9.17) is 5.11 Å². The van der Waals surface area contributed by atoms with Crippen molar-refractivity contribution in [2.75, 3.05) is 11.9 Å². The number of carbonyl (C=O) groups excluding carboxylic acids is 1. The molecule has 112 valence electrons. The minimum atomic E-state index is -0.139. The molecule has 1 aliphatic carbocycles. The fourth-order valence-corrected chi connectivity index (χ4v) is 2.99. The first-order valence-electron chi connectivity index (χ1n) is 7.69. The van der Waals surface area contributed by atoms with Crippen molar-refractivity contribution in [3.63, 3.8) is 0 Å². The molecule has 0 spiro atoms. The number of aliphatic hydroxyl groups is 1. The molecular weight excluding hydrogens is 262 g/mol. The van der Waals surface area contributed by atoms with E-state index < -0.39 is 0 Å². The molecule has 0 bridgehead atoms. The van der Waals surface area contributed by atoms with Gasteiger partial charge in [-0.15, -0.1) is 0 Å². The monoisotopic (exact) mass is 285 g/mol. The van der Waals surface area contributed by atoms with Crippen LogP contribution in [0.25, 0.3) is 0 Å². The van der Waals surface area contributed by atoms with E-state index >= 15 is 0 Å². The molecule has 0 heterocycles. The van der Waals surface area contributed by atoms with Gasteiger partial charge in [-0.05, 0) is 48.9 Å². The van der Waals surface area contributed by atoms with E-state index in [-0.39, 0.29) is 18.4 Å². The molecule has 1 amide bonds. The van der Waals surface area contributed by atoms with Gasteiger partial charge in [-0.1, -0.05) is 32.1 Å². The highest BCUT2D eigenvalue weighted by atomic mass is 16.2. The highest BCUT2D eigenvalue weighted by Gasteiger charge is 2.29. The van der Waals surface area contributed by atoms with Crippen molar-refractivity contribution < 1.29 is 9.90 Å². The zero-order valence-electron chi connectivity index (χ0n) is 12.8. The molecule has 21 heavy (non-hydrogen) atoms. The number of nitrogens with one attached hydrogen (secondary N) is 1. The van der Waals surface area contributed by atoms with E-state index in [1.807, 2.05) is 18.2 Å². The van der Waals surface area contributed by atoms with Crippen LogP contribution in [0.4, 0.5) is 5.69 Å². The number of benzene rings is 1. The van der Waals surface area contributed by atoms with E-state index in [1.165, 1.54) is 0 Å². The van der Waals surface area contributed by atoms with Gasteiger partial charge in [-0.25, -0.2) is 0 Å². The summed E-state index contributed by atoms with van der Waals surface area (Å²) in [5.41, 5.74) is 2.84. The summed E-state index contributed by atoms with van der Waals surface area (Å²) >= 11 is 0. The Morgan fingerprint density at radius 2 is 2.24 bits per heavy atom. The summed E-state index contributed by atoms with van der Waals surface area (Å²) < 4.78 is 0. The average molecular weight is 285 g/mol. The fourth-order valence-electron chi connectivity index (χ4n) is 2.99. The quantitative estimate of drug-likeness (QED) is 0.839. The molecule has 1 aliphatic rings. The van der Waals surface area contributed by atoms with Crippen molar-refractivity contribution >= 4 is 11.6 Å². The summed E-state index contributed by atoms with van der Waals surface area (Å²) in [7, 11) is 0. The molecule has 1 fully saturated rings. The van der Waals surface area contributed by atoms with E-state index in [0.717, 1.165) is 42.5 Å². The molecule has 2 atom stereocenters. The van der Waals surface area contributed by atoms with Crippen molar-refractivity contribution in [2.45, 2.75) is 39.5 Å². The summed E-state index contributed by atoms with van der Waals surface area (Å²) in [6, 6.07) is 5.78. The summed E-state index contributed by atoms with van der Waals surface area (Å²) in [6.07, 6.45) is 4.13. The average Bonchev–Trinajstić information content (AvgIpc) is 2.92. The van der Waals surface area contributed by atoms with Crippen molar-refractivity contribution in [2.24, 2.45) is 11.8 Å². The maximum absolute atomic E-state index is 12.4. The Labute approximate surface area is 126 Å². The number of aliphatic hydroxyl groups excluding tert-OH is 1. The molecule has 3 heteroatoms. The number of amides is 1. The fraction of sp³-hybridized carbons (Fsp3) is 0.500. The lowest BCUT2D eigenvalue weighted by Gasteiger charge is -2.17. The van der Waals surface area contributed by atoms with Gasteiger partial charge in [0.15, 0.2) is 0 Å². The standard InChI is InChI=1S/C18H23NO2/c1-3-15-12-14(7-5-11-20)9-10-17(15)19-18(21)16-8-4-6-13(16)2/h9-10,12-13,16,20H,3-4,6,8,11H2,1-2H3,(H,19,21). The van der Waals surface area contributed by atoms with Crippen molar-refractivity contribution in [1.29, 1.82) is 0 Å². The Bertz CT molecular complexity index is 568. The van der Waals surface area contributed by atoms with E-state index in [9.17, 15) is 4.79 Å². The first-order valence-corrected chi connectivity index (χ1v) is 7.69. The van der Waals surface area contributed by atoms with Crippen LogP contribution in [0, 0.1) is 23.7 Å². The Hall–Kier alpha value is -1.79. The van der Waals surface area contributed by atoms with Crippen LogP contribution < -0.4 is 5.32 Å². The lowest BCUT2D eigenvalue weighted by atomic mass is 9.97. The van der Waals surface area contributed by atoms with Crippen LogP contribution in [-0.2, 0) is 11.2 Å². The van der Waals surface area contributed by atoms with Crippen LogP contribution in [0.15, 0.2) is 18.2 Å². The Kier molecular flexibility index (Phi) is 5.41. The topological polar surface area (TPSA) is 49.3 Å². The number of hydrogen-bond donors (Lipinski definition) is 2. The number of hydrogen-bond acceptors (Lipinski definition) is 2. The van der Waals surface area contributed by atoms with Gasteiger partial charge in [0.2, 0.25) is 5.91 Å². The smallest absolute Gasteiger partial charge is 0.227 e. The third-order valence-corrected chi connectivity index (χ3v) is 4.25. The second kappa shape index (κ2) is 7.28. The van der Waals surface area contributed by atoms with Gasteiger partial charge in [0.25, 0.3) is 0 Å². The summed E-state index contributed by atoms with van der Waals surface area (Å²) in [5, 5.41) is 11.8. The normalized spacial score (nSPS) is 20.7. The third-order valence-electron chi connectivity index (χ3n) is 4.25. The van der Waals surface area contributed by atoms with E-state index in [0.29, 0.717) is 5.92 Å². The SMILES string of the molecule is CCc1cc(C#CCO)ccc1NC(=O)C1CCCC1C. The Morgan fingerprint density at radius 1 is 1.43 bits per heavy atom.